The summed E-state index contributed by atoms with van der Waals surface area (Å²) in [7, 11) is 0. The van der Waals surface area contributed by atoms with Crippen LogP contribution in [0.2, 0.25) is 0 Å². The van der Waals surface area contributed by atoms with Crippen LogP contribution in [0.4, 0.5) is 0 Å². The van der Waals surface area contributed by atoms with Gasteiger partial charge in [-0.2, -0.15) is 0 Å². The Balaban J connectivity index is 1.67. The van der Waals surface area contributed by atoms with Crippen molar-refractivity contribution in [1.82, 2.24) is 15.1 Å². The fourth-order valence-corrected chi connectivity index (χ4v) is 2.42. The average Bonchev–Trinajstić information content (AvgIpc) is 2.96. The molecule has 0 spiro atoms. The van der Waals surface area contributed by atoms with Gasteiger partial charge in [-0.3, -0.25) is 4.90 Å². The van der Waals surface area contributed by atoms with Crippen LogP contribution in [0.5, 0.6) is 0 Å². The van der Waals surface area contributed by atoms with Gasteiger partial charge in [-0.15, -0.1) is 10.2 Å². The van der Waals surface area contributed by atoms with E-state index in [1.165, 1.54) is 0 Å². The summed E-state index contributed by atoms with van der Waals surface area (Å²) < 4.78 is 16.5. The number of morpholine rings is 1. The number of ether oxygens (including phenoxy) is 1. The highest BCUT2D eigenvalue weighted by molar-refractivity contribution is 5.42. The Kier molecular flexibility index (Phi) is 3.35. The monoisotopic (exact) mass is 263 g/mol. The van der Waals surface area contributed by atoms with Crippen molar-refractivity contribution in [3.63, 3.8) is 0 Å². The molecule has 2 aromatic rings. The average molecular weight is 263 g/mol. The van der Waals surface area contributed by atoms with E-state index in [9.17, 15) is 0 Å². The zero-order valence-electron chi connectivity index (χ0n) is 11.1. The molecule has 2 unspecified atom stereocenters. The summed E-state index contributed by atoms with van der Waals surface area (Å²) in [5.74, 6) is 1.63. The molecule has 102 valence electrons. The second kappa shape index (κ2) is 5.14. The van der Waals surface area contributed by atoms with Crippen molar-refractivity contribution < 1.29 is 13.6 Å². The molecular weight excluding hydrogens is 246 g/mol. The van der Waals surface area contributed by atoms with Gasteiger partial charge in [0.15, 0.2) is 5.76 Å². The van der Waals surface area contributed by atoms with Crippen molar-refractivity contribution in [2.45, 2.75) is 32.6 Å². The number of rotatable bonds is 3. The van der Waals surface area contributed by atoms with Crippen LogP contribution in [0.15, 0.2) is 27.2 Å². The highest BCUT2D eigenvalue weighted by Gasteiger charge is 2.23. The SMILES string of the molecule is CC1CN(Cc2nnc(-c3ccco3)o2)CC(C)O1. The molecule has 1 aliphatic heterocycles. The summed E-state index contributed by atoms with van der Waals surface area (Å²) >= 11 is 0. The standard InChI is InChI=1S/C13H17N3O3/c1-9-6-16(7-10(2)18-9)8-12-14-15-13(19-12)11-4-3-5-17-11/h3-5,9-10H,6-8H2,1-2H3. The summed E-state index contributed by atoms with van der Waals surface area (Å²) in [6.45, 7) is 6.55. The highest BCUT2D eigenvalue weighted by Crippen LogP contribution is 2.19. The zero-order valence-corrected chi connectivity index (χ0v) is 11.1. The van der Waals surface area contributed by atoms with Gasteiger partial charge in [-0.05, 0) is 26.0 Å². The largest absolute Gasteiger partial charge is 0.459 e. The van der Waals surface area contributed by atoms with Gasteiger partial charge < -0.3 is 13.6 Å². The molecule has 1 aliphatic rings. The van der Waals surface area contributed by atoms with Crippen LogP contribution in [-0.4, -0.2) is 40.4 Å². The van der Waals surface area contributed by atoms with Crippen LogP contribution in [0, 0.1) is 0 Å². The Bertz CT molecular complexity index is 513. The van der Waals surface area contributed by atoms with E-state index in [0.29, 0.717) is 24.1 Å². The Morgan fingerprint density at radius 1 is 1.26 bits per heavy atom. The van der Waals surface area contributed by atoms with E-state index in [-0.39, 0.29) is 12.2 Å². The molecule has 6 heteroatoms. The summed E-state index contributed by atoms with van der Waals surface area (Å²) in [5, 5.41) is 8.05. The maximum absolute atomic E-state index is 5.69. The van der Waals surface area contributed by atoms with Gasteiger partial charge in [0, 0.05) is 13.1 Å². The van der Waals surface area contributed by atoms with Crippen LogP contribution in [0.25, 0.3) is 11.7 Å². The second-order valence-corrected chi connectivity index (χ2v) is 4.93. The number of furan rings is 1. The molecule has 0 aliphatic carbocycles. The molecule has 0 N–H and O–H groups in total. The minimum absolute atomic E-state index is 0.233. The molecule has 3 heterocycles. The minimum Gasteiger partial charge on any atom is -0.459 e. The predicted octanol–water partition coefficient (Wildman–Crippen LogP) is 1.94. The molecule has 3 rings (SSSR count). The summed E-state index contributed by atoms with van der Waals surface area (Å²) in [4.78, 5) is 2.26. The van der Waals surface area contributed by atoms with Crippen LogP contribution >= 0.6 is 0 Å². The summed E-state index contributed by atoms with van der Waals surface area (Å²) in [6, 6.07) is 3.60. The Hall–Kier alpha value is -1.66. The molecule has 2 atom stereocenters. The lowest BCUT2D eigenvalue weighted by molar-refractivity contribution is -0.0721. The van der Waals surface area contributed by atoms with Crippen molar-refractivity contribution >= 4 is 0 Å². The molecule has 0 saturated carbocycles. The van der Waals surface area contributed by atoms with E-state index in [0.717, 1.165) is 13.1 Å². The molecule has 19 heavy (non-hydrogen) atoms. The van der Waals surface area contributed by atoms with Gasteiger partial charge in [0.25, 0.3) is 5.89 Å². The molecule has 1 fully saturated rings. The van der Waals surface area contributed by atoms with Crippen molar-refractivity contribution in [2.75, 3.05) is 13.1 Å². The number of aromatic nitrogens is 2. The fraction of sp³-hybridized carbons (Fsp3) is 0.538. The Morgan fingerprint density at radius 2 is 2.05 bits per heavy atom. The molecule has 1 saturated heterocycles. The van der Waals surface area contributed by atoms with Gasteiger partial charge in [0.1, 0.15) is 0 Å². The van der Waals surface area contributed by atoms with E-state index < -0.39 is 0 Å². The normalized spacial score (nSPS) is 24.7. The summed E-state index contributed by atoms with van der Waals surface area (Å²) in [5.41, 5.74) is 0. The van der Waals surface area contributed by atoms with Gasteiger partial charge in [-0.25, -0.2) is 0 Å². The number of hydrogen-bond acceptors (Lipinski definition) is 6. The Morgan fingerprint density at radius 3 is 2.74 bits per heavy atom. The fourth-order valence-electron chi connectivity index (χ4n) is 2.42. The lowest BCUT2D eigenvalue weighted by atomic mass is 10.2. The van der Waals surface area contributed by atoms with E-state index in [1.807, 2.05) is 0 Å². The van der Waals surface area contributed by atoms with Crippen molar-refractivity contribution in [2.24, 2.45) is 0 Å². The van der Waals surface area contributed by atoms with Crippen LogP contribution < -0.4 is 0 Å². The third kappa shape index (κ3) is 2.85. The number of nitrogens with zero attached hydrogens (tertiary/aromatic N) is 3. The third-order valence-corrected chi connectivity index (χ3v) is 3.05. The molecule has 2 aromatic heterocycles. The van der Waals surface area contributed by atoms with E-state index in [2.05, 4.69) is 28.9 Å². The molecular formula is C13H17N3O3. The van der Waals surface area contributed by atoms with Crippen LogP contribution in [0.3, 0.4) is 0 Å². The van der Waals surface area contributed by atoms with Gasteiger partial charge >= 0.3 is 0 Å². The quantitative estimate of drug-likeness (QED) is 0.843. The first-order valence-corrected chi connectivity index (χ1v) is 6.45. The zero-order chi connectivity index (χ0) is 13.2. The van der Waals surface area contributed by atoms with E-state index >= 15 is 0 Å². The first-order valence-electron chi connectivity index (χ1n) is 6.45. The number of hydrogen-bond donors (Lipinski definition) is 0. The maximum atomic E-state index is 5.69. The third-order valence-electron chi connectivity index (χ3n) is 3.05. The predicted molar refractivity (Wildman–Crippen MR) is 67.3 cm³/mol. The molecule has 0 amide bonds. The molecule has 6 nitrogen and oxygen atoms in total. The van der Waals surface area contributed by atoms with Crippen LogP contribution in [0.1, 0.15) is 19.7 Å². The van der Waals surface area contributed by atoms with Gasteiger partial charge in [0.2, 0.25) is 5.89 Å². The summed E-state index contributed by atoms with van der Waals surface area (Å²) in [6.07, 6.45) is 2.05. The van der Waals surface area contributed by atoms with E-state index in [4.69, 9.17) is 13.6 Å². The minimum atomic E-state index is 0.233. The first kappa shape index (κ1) is 12.4. The lowest BCUT2D eigenvalue weighted by Gasteiger charge is -2.34. The van der Waals surface area contributed by atoms with Crippen molar-refractivity contribution in [3.8, 4) is 11.7 Å². The van der Waals surface area contributed by atoms with Gasteiger partial charge in [-0.1, -0.05) is 0 Å². The van der Waals surface area contributed by atoms with Crippen molar-refractivity contribution in [3.05, 3.63) is 24.3 Å². The highest BCUT2D eigenvalue weighted by atomic mass is 16.5. The maximum Gasteiger partial charge on any atom is 0.283 e. The smallest absolute Gasteiger partial charge is 0.283 e. The Labute approximate surface area is 111 Å². The van der Waals surface area contributed by atoms with Gasteiger partial charge in [0.05, 0.1) is 25.0 Å². The van der Waals surface area contributed by atoms with Crippen LogP contribution in [-0.2, 0) is 11.3 Å². The molecule has 0 radical (unpaired) electrons. The molecule has 0 bridgehead atoms. The van der Waals surface area contributed by atoms with E-state index in [1.54, 1.807) is 18.4 Å². The topological polar surface area (TPSA) is 64.5 Å². The van der Waals surface area contributed by atoms with Crippen molar-refractivity contribution in [1.29, 1.82) is 0 Å². The second-order valence-electron chi connectivity index (χ2n) is 4.93. The molecule has 0 aromatic carbocycles. The first-order chi connectivity index (χ1) is 9.20. The lowest BCUT2D eigenvalue weighted by Crippen LogP contribution is -2.44.